The molecule has 25 heavy (non-hydrogen) atoms. The van der Waals surface area contributed by atoms with Crippen molar-refractivity contribution in [1.29, 1.82) is 0 Å². The van der Waals surface area contributed by atoms with E-state index < -0.39 is 6.10 Å². The van der Waals surface area contributed by atoms with Crippen LogP contribution >= 0.6 is 22.6 Å². The van der Waals surface area contributed by atoms with Gasteiger partial charge in [-0.3, -0.25) is 4.79 Å². The first-order valence-electron chi connectivity index (χ1n) is 8.29. The Morgan fingerprint density at radius 3 is 2.56 bits per heavy atom. The molecule has 128 valence electrons. The van der Waals surface area contributed by atoms with Gasteiger partial charge >= 0.3 is 0 Å². The smallest absolute Gasteiger partial charge is 0.265 e. The van der Waals surface area contributed by atoms with E-state index in [1.54, 1.807) is 0 Å². The average Bonchev–Trinajstić information content (AvgIpc) is 2.61. The van der Waals surface area contributed by atoms with Crippen molar-refractivity contribution in [2.75, 3.05) is 5.32 Å². The molecule has 0 radical (unpaired) electrons. The van der Waals surface area contributed by atoms with Crippen molar-refractivity contribution in [3.63, 3.8) is 0 Å². The Kier molecular flexibility index (Phi) is 5.58. The molecule has 3 aromatic carbocycles. The maximum atomic E-state index is 12.6. The van der Waals surface area contributed by atoms with Gasteiger partial charge in [-0.05, 0) is 82.6 Å². The van der Waals surface area contributed by atoms with Gasteiger partial charge in [0.25, 0.3) is 5.91 Å². The summed E-state index contributed by atoms with van der Waals surface area (Å²) in [6.07, 6.45) is 0.0714. The number of rotatable bonds is 5. The van der Waals surface area contributed by atoms with E-state index in [0.29, 0.717) is 12.2 Å². The van der Waals surface area contributed by atoms with Crippen LogP contribution in [0.1, 0.15) is 18.9 Å². The summed E-state index contributed by atoms with van der Waals surface area (Å²) in [6, 6.07) is 20.0. The van der Waals surface area contributed by atoms with Gasteiger partial charge in [-0.2, -0.15) is 0 Å². The molecule has 0 aliphatic heterocycles. The number of hydrogen-bond acceptors (Lipinski definition) is 2. The Morgan fingerprint density at radius 1 is 1.08 bits per heavy atom. The van der Waals surface area contributed by atoms with Gasteiger partial charge in [0.05, 0.1) is 0 Å². The van der Waals surface area contributed by atoms with Crippen molar-refractivity contribution in [3.8, 4) is 5.75 Å². The van der Waals surface area contributed by atoms with Crippen molar-refractivity contribution in [3.05, 3.63) is 69.8 Å². The molecule has 0 heterocycles. The summed E-state index contributed by atoms with van der Waals surface area (Å²) in [5.74, 6) is 0.583. The van der Waals surface area contributed by atoms with E-state index in [9.17, 15) is 4.79 Å². The molecule has 0 aliphatic rings. The van der Waals surface area contributed by atoms with E-state index in [2.05, 4.69) is 34.0 Å². The number of hydrogen-bond donors (Lipinski definition) is 1. The minimum atomic E-state index is -0.528. The Hall–Kier alpha value is -2.08. The number of carbonyl (C=O) groups excluding carboxylic acids is 1. The number of nitrogens with one attached hydrogen (secondary N) is 1. The van der Waals surface area contributed by atoms with Crippen LogP contribution in [0.3, 0.4) is 0 Å². The van der Waals surface area contributed by atoms with Crippen LogP contribution in [0.15, 0.2) is 60.7 Å². The van der Waals surface area contributed by atoms with E-state index >= 15 is 0 Å². The highest BCUT2D eigenvalue weighted by atomic mass is 127. The third-order valence-electron chi connectivity index (χ3n) is 4.11. The predicted octanol–water partition coefficient (Wildman–Crippen LogP) is 5.55. The fraction of sp³-hybridized carbons (Fsp3) is 0.190. The van der Waals surface area contributed by atoms with Gasteiger partial charge in [-0.1, -0.05) is 37.3 Å². The molecule has 0 aliphatic carbocycles. The first-order valence-corrected chi connectivity index (χ1v) is 9.37. The fourth-order valence-electron chi connectivity index (χ4n) is 2.71. The highest BCUT2D eigenvalue weighted by Crippen LogP contribution is 2.23. The van der Waals surface area contributed by atoms with Crippen LogP contribution in [0.2, 0.25) is 0 Å². The molecule has 0 spiro atoms. The molecular weight excluding hydrogens is 425 g/mol. The lowest BCUT2D eigenvalue weighted by Gasteiger charge is -2.18. The lowest BCUT2D eigenvalue weighted by atomic mass is 10.1. The van der Waals surface area contributed by atoms with Gasteiger partial charge in [0, 0.05) is 9.26 Å². The molecule has 0 saturated heterocycles. The average molecular weight is 445 g/mol. The molecule has 1 N–H and O–H groups in total. The second-order valence-corrected chi connectivity index (χ2v) is 7.22. The van der Waals surface area contributed by atoms with Crippen molar-refractivity contribution < 1.29 is 9.53 Å². The zero-order valence-electron chi connectivity index (χ0n) is 14.3. The summed E-state index contributed by atoms with van der Waals surface area (Å²) in [4.78, 5) is 12.6. The number of fused-ring (bicyclic) bond motifs is 1. The number of aryl methyl sites for hydroxylation is 1. The summed E-state index contributed by atoms with van der Waals surface area (Å²) in [7, 11) is 0. The highest BCUT2D eigenvalue weighted by Gasteiger charge is 2.19. The van der Waals surface area contributed by atoms with E-state index in [-0.39, 0.29) is 5.91 Å². The van der Waals surface area contributed by atoms with Gasteiger partial charge in [0.1, 0.15) is 5.75 Å². The molecule has 3 rings (SSSR count). The molecule has 1 atom stereocenters. The molecule has 0 bridgehead atoms. The van der Waals surface area contributed by atoms with Gasteiger partial charge < -0.3 is 10.1 Å². The minimum Gasteiger partial charge on any atom is -0.481 e. The molecule has 3 aromatic rings. The Bertz CT molecular complexity index is 907. The number of amides is 1. The SMILES string of the molecule is CC[C@@H](Oc1ccc2ccccc2c1)C(=O)Nc1ccc(I)cc1C. The molecule has 3 nitrogen and oxygen atoms in total. The number of ether oxygens (including phenoxy) is 1. The van der Waals surface area contributed by atoms with E-state index in [1.807, 2.05) is 68.4 Å². The van der Waals surface area contributed by atoms with Gasteiger partial charge in [-0.25, -0.2) is 0 Å². The third-order valence-corrected chi connectivity index (χ3v) is 4.78. The molecule has 0 aromatic heterocycles. The normalized spacial score (nSPS) is 12.0. The van der Waals surface area contributed by atoms with Crippen LogP contribution in [0.25, 0.3) is 10.8 Å². The van der Waals surface area contributed by atoms with Crippen molar-refractivity contribution in [1.82, 2.24) is 0 Å². The first-order chi connectivity index (χ1) is 12.1. The molecule has 0 fully saturated rings. The standard InChI is InChI=1S/C21H20INO2/c1-3-20(21(24)23-19-11-9-17(22)12-14(19)2)25-18-10-8-15-6-4-5-7-16(15)13-18/h4-13,20H,3H2,1-2H3,(H,23,24)/t20-/m1/s1. The molecule has 4 heteroatoms. The van der Waals surface area contributed by atoms with Crippen molar-refractivity contribution in [2.45, 2.75) is 26.4 Å². The van der Waals surface area contributed by atoms with Crippen molar-refractivity contribution >= 4 is 45.0 Å². The lowest BCUT2D eigenvalue weighted by molar-refractivity contribution is -0.122. The summed E-state index contributed by atoms with van der Waals surface area (Å²) < 4.78 is 7.10. The Balaban J connectivity index is 1.75. The highest BCUT2D eigenvalue weighted by molar-refractivity contribution is 14.1. The lowest BCUT2D eigenvalue weighted by Crippen LogP contribution is -2.32. The van der Waals surface area contributed by atoms with E-state index in [4.69, 9.17) is 4.74 Å². The summed E-state index contributed by atoms with van der Waals surface area (Å²) in [6.45, 7) is 3.94. The monoisotopic (exact) mass is 445 g/mol. The quantitative estimate of drug-likeness (QED) is 0.523. The topological polar surface area (TPSA) is 38.3 Å². The minimum absolute atomic E-state index is 0.125. The van der Waals surface area contributed by atoms with E-state index in [1.165, 1.54) is 0 Å². The maximum Gasteiger partial charge on any atom is 0.265 e. The number of carbonyl (C=O) groups is 1. The molecule has 0 saturated carbocycles. The molecule has 0 unspecified atom stereocenters. The zero-order valence-corrected chi connectivity index (χ0v) is 16.4. The maximum absolute atomic E-state index is 12.6. The summed E-state index contributed by atoms with van der Waals surface area (Å²) >= 11 is 2.26. The summed E-state index contributed by atoms with van der Waals surface area (Å²) in [5, 5.41) is 5.23. The number of benzene rings is 3. The number of anilines is 1. The van der Waals surface area contributed by atoms with Gasteiger partial charge in [0.2, 0.25) is 0 Å². The van der Waals surface area contributed by atoms with Crippen LogP contribution in [-0.2, 0) is 4.79 Å². The predicted molar refractivity (Wildman–Crippen MR) is 111 cm³/mol. The van der Waals surface area contributed by atoms with Crippen molar-refractivity contribution in [2.24, 2.45) is 0 Å². The van der Waals surface area contributed by atoms with Crippen LogP contribution in [-0.4, -0.2) is 12.0 Å². The van der Waals surface area contributed by atoms with Gasteiger partial charge in [0.15, 0.2) is 6.10 Å². The van der Waals surface area contributed by atoms with Crippen LogP contribution in [0.4, 0.5) is 5.69 Å². The van der Waals surface area contributed by atoms with Crippen LogP contribution in [0.5, 0.6) is 5.75 Å². The largest absolute Gasteiger partial charge is 0.481 e. The third kappa shape index (κ3) is 4.31. The Morgan fingerprint density at radius 2 is 1.84 bits per heavy atom. The number of halogens is 1. The van der Waals surface area contributed by atoms with Gasteiger partial charge in [-0.15, -0.1) is 0 Å². The second-order valence-electron chi connectivity index (χ2n) is 5.97. The first kappa shape index (κ1) is 17.7. The van der Waals surface area contributed by atoms with E-state index in [0.717, 1.165) is 25.6 Å². The van der Waals surface area contributed by atoms with Crippen LogP contribution in [0, 0.1) is 10.5 Å². The fourth-order valence-corrected chi connectivity index (χ4v) is 3.35. The summed E-state index contributed by atoms with van der Waals surface area (Å²) in [5.41, 5.74) is 1.87. The van der Waals surface area contributed by atoms with Crippen LogP contribution < -0.4 is 10.1 Å². The molecule has 1 amide bonds. The Labute approximate surface area is 161 Å². The second kappa shape index (κ2) is 7.87. The molecular formula is C21H20INO2. The zero-order chi connectivity index (χ0) is 17.8.